The fourth-order valence-corrected chi connectivity index (χ4v) is 7.82. The zero-order valence-corrected chi connectivity index (χ0v) is 29.3. The SMILES string of the molecule is CC(Cc1ccc(-n2ccc(NC(=O)N3CCN(C(=O)C(C)(C)NCS(=O)(=O)O)CC3)nc2=O)cc1)N1C[C@H]2CC1[C@@H]2CNCS(=O)(=O)O. The van der Waals surface area contributed by atoms with Gasteiger partial charge >= 0.3 is 11.7 Å². The molecule has 0 spiro atoms. The lowest BCUT2D eigenvalue weighted by Crippen LogP contribution is -2.60. The average Bonchev–Trinajstić information content (AvgIpc) is 3.63. The van der Waals surface area contributed by atoms with E-state index in [-0.39, 0.29) is 43.9 Å². The Kier molecular flexibility index (Phi) is 10.8. The van der Waals surface area contributed by atoms with Crippen LogP contribution in [0.1, 0.15) is 32.8 Å². The van der Waals surface area contributed by atoms with Gasteiger partial charge in [0.1, 0.15) is 17.6 Å². The van der Waals surface area contributed by atoms with Crippen molar-refractivity contribution in [2.75, 3.05) is 56.3 Å². The lowest BCUT2D eigenvalue weighted by atomic mass is 9.74. The summed E-state index contributed by atoms with van der Waals surface area (Å²) in [7, 11) is -8.34. The monoisotopic (exact) mass is 724 g/mol. The molecule has 49 heavy (non-hydrogen) atoms. The smallest absolute Gasteiger partial charge is 0.338 e. The first-order valence-corrected chi connectivity index (χ1v) is 19.3. The summed E-state index contributed by atoms with van der Waals surface area (Å²) in [6.45, 7) is 7.55. The first kappa shape index (κ1) is 36.8. The van der Waals surface area contributed by atoms with Crippen molar-refractivity contribution < 1.29 is 35.5 Å². The molecule has 1 aromatic carbocycles. The molecule has 1 aliphatic carbocycles. The molecule has 3 aliphatic heterocycles. The molecule has 17 nitrogen and oxygen atoms in total. The summed E-state index contributed by atoms with van der Waals surface area (Å²) in [6, 6.07) is 9.32. The molecule has 19 heteroatoms. The first-order valence-electron chi connectivity index (χ1n) is 16.1. The van der Waals surface area contributed by atoms with Crippen LogP contribution in [-0.4, -0.2) is 131 Å². The highest BCUT2D eigenvalue weighted by molar-refractivity contribution is 7.85. The lowest BCUT2D eigenvalue weighted by molar-refractivity contribution is -0.138. The summed E-state index contributed by atoms with van der Waals surface area (Å²) < 4.78 is 63.5. The van der Waals surface area contributed by atoms with Gasteiger partial charge in [-0.25, -0.2) is 9.59 Å². The molecule has 4 aliphatic rings. The maximum Gasteiger partial charge on any atom is 0.354 e. The van der Waals surface area contributed by atoms with Gasteiger partial charge in [0.05, 0.1) is 11.2 Å². The summed E-state index contributed by atoms with van der Waals surface area (Å²) >= 11 is 0. The quantitative estimate of drug-likeness (QED) is 0.169. The molecule has 2 bridgehead atoms. The van der Waals surface area contributed by atoms with Gasteiger partial charge < -0.3 is 15.1 Å². The van der Waals surface area contributed by atoms with Gasteiger partial charge in [-0.15, -0.1) is 0 Å². The molecule has 1 saturated carbocycles. The van der Waals surface area contributed by atoms with Crippen molar-refractivity contribution >= 4 is 38.0 Å². The van der Waals surface area contributed by atoms with Crippen LogP contribution in [0.25, 0.3) is 5.69 Å². The summed E-state index contributed by atoms with van der Waals surface area (Å²) in [5.74, 6) is -0.605. The molecule has 2 aromatic rings. The predicted molar refractivity (Wildman–Crippen MR) is 180 cm³/mol. The molecule has 3 amide bonds. The van der Waals surface area contributed by atoms with Crippen LogP contribution in [0.5, 0.6) is 0 Å². The Labute approximate surface area is 285 Å². The summed E-state index contributed by atoms with van der Waals surface area (Å²) in [4.78, 5) is 48.1. The van der Waals surface area contributed by atoms with E-state index in [0.717, 1.165) is 24.9 Å². The molecule has 1 aromatic heterocycles. The standard InChI is InChI=1S/C30H44N8O9S2/c1-20(38-17-22-15-25(38)24(22)16-31-18-48(42,43)44)14-21-4-6-23(7-5-21)37-9-8-26(34-29(37)41)33-28(40)36-12-10-35(11-13-36)27(39)30(2,3)32-19-49(45,46)47/h4-9,20,22,24-25,31-32H,10-19H2,1-3H3,(H,42,43,44)(H,45,46,47)(H,33,34,40,41)/t20?,22-,24-,25?/m1/s1. The van der Waals surface area contributed by atoms with E-state index >= 15 is 0 Å². The summed E-state index contributed by atoms with van der Waals surface area (Å²) in [5.41, 5.74) is -0.0948. The zero-order chi connectivity index (χ0) is 35.7. The van der Waals surface area contributed by atoms with E-state index in [1.54, 1.807) is 0 Å². The number of amides is 3. The predicted octanol–water partition coefficient (Wildman–Crippen LogP) is -0.192. The molecular weight excluding hydrogens is 681 g/mol. The summed E-state index contributed by atoms with van der Waals surface area (Å²) in [6.07, 6.45) is 3.43. The molecule has 4 fully saturated rings. The van der Waals surface area contributed by atoms with Gasteiger partial charge in [0.2, 0.25) is 5.91 Å². The van der Waals surface area contributed by atoms with Gasteiger partial charge in [-0.2, -0.15) is 21.8 Å². The van der Waals surface area contributed by atoms with E-state index < -0.39 is 49.2 Å². The second-order valence-electron chi connectivity index (χ2n) is 13.5. The Hall–Kier alpha value is -3.46. The number of nitrogens with one attached hydrogen (secondary N) is 3. The van der Waals surface area contributed by atoms with Crippen LogP contribution >= 0.6 is 0 Å². The Morgan fingerprint density at radius 2 is 1.61 bits per heavy atom. The summed E-state index contributed by atoms with van der Waals surface area (Å²) in [5, 5.41) is 8.02. The third kappa shape index (κ3) is 9.21. The van der Waals surface area contributed by atoms with Crippen LogP contribution in [0.4, 0.5) is 10.6 Å². The fourth-order valence-electron chi connectivity index (χ4n) is 6.90. The molecule has 2 unspecified atom stereocenters. The van der Waals surface area contributed by atoms with Gasteiger partial charge in [0, 0.05) is 57.5 Å². The third-order valence-electron chi connectivity index (χ3n) is 9.62. The van der Waals surface area contributed by atoms with E-state index in [1.165, 1.54) is 40.5 Å². The zero-order valence-electron chi connectivity index (χ0n) is 27.6. The largest absolute Gasteiger partial charge is 0.354 e. The lowest BCUT2D eigenvalue weighted by Gasteiger charge is -2.38. The van der Waals surface area contributed by atoms with E-state index in [9.17, 15) is 31.2 Å². The van der Waals surface area contributed by atoms with E-state index in [0.29, 0.717) is 30.1 Å². The minimum atomic E-state index is -4.30. The van der Waals surface area contributed by atoms with E-state index in [1.807, 2.05) is 24.3 Å². The van der Waals surface area contributed by atoms with Crippen molar-refractivity contribution in [3.8, 4) is 5.69 Å². The van der Waals surface area contributed by atoms with Crippen molar-refractivity contribution in [3.05, 3.63) is 52.6 Å². The number of carbonyl (C=O) groups is 2. The van der Waals surface area contributed by atoms with Crippen LogP contribution in [0, 0.1) is 11.8 Å². The number of hydrogen-bond donors (Lipinski definition) is 5. The molecule has 4 heterocycles. The van der Waals surface area contributed by atoms with Crippen LogP contribution < -0.4 is 21.6 Å². The van der Waals surface area contributed by atoms with Gasteiger partial charge in [-0.05, 0) is 69.2 Å². The van der Waals surface area contributed by atoms with Gasteiger partial charge in [0.15, 0.2) is 0 Å². The van der Waals surface area contributed by atoms with E-state index in [2.05, 4.69) is 32.8 Å². The van der Waals surface area contributed by atoms with Crippen molar-refractivity contribution in [1.82, 2.24) is 34.9 Å². The number of urea groups is 1. The Morgan fingerprint density at radius 3 is 2.22 bits per heavy atom. The fraction of sp³-hybridized carbons (Fsp3) is 0.600. The third-order valence-corrected chi connectivity index (χ3v) is 10.7. The number of aromatic nitrogens is 2. The van der Waals surface area contributed by atoms with Crippen molar-refractivity contribution in [2.45, 2.75) is 51.2 Å². The minimum absolute atomic E-state index is 0.0845. The molecule has 4 atom stereocenters. The highest BCUT2D eigenvalue weighted by Crippen LogP contribution is 2.47. The topological polar surface area (TPSA) is 224 Å². The Morgan fingerprint density at radius 1 is 0.980 bits per heavy atom. The first-order chi connectivity index (χ1) is 22.9. The van der Waals surface area contributed by atoms with Crippen LogP contribution in [0.3, 0.4) is 0 Å². The van der Waals surface area contributed by atoms with Crippen molar-refractivity contribution in [3.63, 3.8) is 0 Å². The normalized spacial score (nSPS) is 22.1. The molecular formula is C30H44N8O9S2. The number of piperazine rings is 1. The van der Waals surface area contributed by atoms with Crippen molar-refractivity contribution in [2.24, 2.45) is 11.8 Å². The van der Waals surface area contributed by atoms with Gasteiger partial charge in [-0.1, -0.05) is 12.1 Å². The van der Waals surface area contributed by atoms with Gasteiger partial charge in [-0.3, -0.25) is 34.0 Å². The van der Waals surface area contributed by atoms with E-state index in [4.69, 9.17) is 9.11 Å². The number of hydrogen-bond acceptors (Lipinski definition) is 11. The van der Waals surface area contributed by atoms with Crippen LogP contribution in [0.15, 0.2) is 41.3 Å². The second-order valence-corrected chi connectivity index (χ2v) is 16.4. The second kappa shape index (κ2) is 14.4. The number of carbonyl (C=O) groups excluding carboxylic acids is 2. The number of rotatable bonds is 13. The molecule has 0 radical (unpaired) electrons. The number of fused-ring (bicyclic) bond motifs is 1. The number of benzene rings is 1. The van der Waals surface area contributed by atoms with Crippen LogP contribution in [-0.2, 0) is 31.5 Å². The molecule has 6 rings (SSSR count). The molecule has 3 saturated heterocycles. The Bertz CT molecular complexity index is 1810. The maximum absolute atomic E-state index is 12.9. The average molecular weight is 725 g/mol. The van der Waals surface area contributed by atoms with Crippen LogP contribution in [0.2, 0.25) is 0 Å². The highest BCUT2D eigenvalue weighted by atomic mass is 32.2. The van der Waals surface area contributed by atoms with Crippen molar-refractivity contribution in [1.29, 1.82) is 0 Å². The Balaban J connectivity index is 1.09. The number of anilines is 1. The highest BCUT2D eigenvalue weighted by Gasteiger charge is 2.52. The molecule has 5 N–H and O–H groups in total. The maximum atomic E-state index is 12.9. The number of nitrogens with zero attached hydrogens (tertiary/aromatic N) is 5. The molecule has 270 valence electrons. The minimum Gasteiger partial charge on any atom is -0.338 e. The van der Waals surface area contributed by atoms with Gasteiger partial charge in [0.25, 0.3) is 20.2 Å².